The number of ether oxygens (including phenoxy) is 1. The Bertz CT molecular complexity index is 405. The van der Waals surface area contributed by atoms with Gasteiger partial charge in [-0.1, -0.05) is 18.2 Å². The lowest BCUT2D eigenvalue weighted by Gasteiger charge is -2.33. The molecule has 2 aliphatic heterocycles. The van der Waals surface area contributed by atoms with Crippen LogP contribution < -0.4 is 5.32 Å². The summed E-state index contributed by atoms with van der Waals surface area (Å²) in [6, 6.07) is 0.510. The Morgan fingerprint density at radius 1 is 1.30 bits per heavy atom. The lowest BCUT2D eigenvalue weighted by atomic mass is 9.84. The van der Waals surface area contributed by atoms with E-state index in [9.17, 15) is 0 Å². The summed E-state index contributed by atoms with van der Waals surface area (Å²) < 4.78 is 5.50. The Labute approximate surface area is 126 Å². The highest BCUT2D eigenvalue weighted by Gasteiger charge is 2.43. The Hall–Kier alpha value is -0.220. The van der Waals surface area contributed by atoms with Crippen LogP contribution >= 0.6 is 11.8 Å². The van der Waals surface area contributed by atoms with Crippen LogP contribution in [0, 0.1) is 17.8 Å². The van der Waals surface area contributed by atoms with E-state index in [4.69, 9.17) is 9.73 Å². The van der Waals surface area contributed by atoms with Crippen molar-refractivity contribution in [3.8, 4) is 0 Å². The molecule has 0 aromatic carbocycles. The number of aliphatic imine (C=N–C) groups is 1. The molecule has 0 aromatic rings. The van der Waals surface area contributed by atoms with Gasteiger partial charge in [-0.05, 0) is 56.8 Å². The van der Waals surface area contributed by atoms with Gasteiger partial charge in [0.2, 0.25) is 0 Å². The zero-order valence-electron chi connectivity index (χ0n) is 12.4. The molecule has 0 radical (unpaired) electrons. The summed E-state index contributed by atoms with van der Waals surface area (Å²) in [7, 11) is 0. The molecule has 0 aromatic heterocycles. The van der Waals surface area contributed by atoms with Crippen LogP contribution in [0.25, 0.3) is 0 Å². The van der Waals surface area contributed by atoms with Crippen molar-refractivity contribution in [1.82, 2.24) is 5.32 Å². The third-order valence-electron chi connectivity index (χ3n) is 6.04. The van der Waals surface area contributed by atoms with Gasteiger partial charge in [0, 0.05) is 19.0 Å². The summed E-state index contributed by atoms with van der Waals surface area (Å²) in [6.45, 7) is 4.15. The van der Waals surface area contributed by atoms with Gasteiger partial charge in [0.05, 0.1) is 11.6 Å². The van der Waals surface area contributed by atoms with E-state index in [1.165, 1.54) is 36.6 Å². The summed E-state index contributed by atoms with van der Waals surface area (Å²) in [6.07, 6.45) is 8.16. The molecule has 20 heavy (non-hydrogen) atoms. The summed E-state index contributed by atoms with van der Waals surface area (Å²) in [5.74, 6) is 4.04. The van der Waals surface area contributed by atoms with Crippen molar-refractivity contribution in [3.63, 3.8) is 0 Å². The summed E-state index contributed by atoms with van der Waals surface area (Å²) >= 11 is 1.94. The van der Waals surface area contributed by atoms with Gasteiger partial charge >= 0.3 is 0 Å². The van der Waals surface area contributed by atoms with Crippen LogP contribution in [0.2, 0.25) is 0 Å². The minimum absolute atomic E-state index is 0.288. The van der Waals surface area contributed by atoms with Crippen LogP contribution in [0.15, 0.2) is 4.99 Å². The molecule has 2 saturated heterocycles. The average molecular weight is 294 g/mol. The fourth-order valence-electron chi connectivity index (χ4n) is 4.77. The van der Waals surface area contributed by atoms with Crippen LogP contribution in [0.1, 0.15) is 45.4 Å². The maximum Gasteiger partial charge on any atom is 0.157 e. The SMILES string of the molecule is CC(N=C1NC2(CCOCC2)CS1)C1CC2CCC1C2. The zero-order chi connectivity index (χ0) is 13.6. The molecule has 2 saturated carbocycles. The third-order valence-corrected chi connectivity index (χ3v) is 7.22. The number of amidine groups is 1. The second kappa shape index (κ2) is 5.20. The van der Waals surface area contributed by atoms with Crippen molar-refractivity contribution in [3.05, 3.63) is 0 Å². The first-order chi connectivity index (χ1) is 9.74. The fourth-order valence-corrected chi connectivity index (χ4v) is 6.08. The Balaban J connectivity index is 1.40. The molecule has 2 heterocycles. The van der Waals surface area contributed by atoms with E-state index < -0.39 is 0 Å². The molecule has 1 N–H and O–H groups in total. The number of hydrogen-bond acceptors (Lipinski definition) is 3. The first kappa shape index (κ1) is 13.4. The highest BCUT2D eigenvalue weighted by Crippen LogP contribution is 2.50. The summed E-state index contributed by atoms with van der Waals surface area (Å²) in [4.78, 5) is 5.05. The Morgan fingerprint density at radius 3 is 2.85 bits per heavy atom. The smallest absolute Gasteiger partial charge is 0.157 e. The van der Waals surface area contributed by atoms with Crippen LogP contribution in [0.3, 0.4) is 0 Å². The molecule has 4 heteroatoms. The first-order valence-electron chi connectivity index (χ1n) is 8.31. The Morgan fingerprint density at radius 2 is 2.15 bits per heavy atom. The van der Waals surface area contributed by atoms with E-state index in [1.807, 2.05) is 11.8 Å². The standard InChI is InChI=1S/C16H26N2OS/c1-11(14-9-12-2-3-13(14)8-12)17-15-18-16(10-20-15)4-6-19-7-5-16/h11-14H,2-10H2,1H3,(H,17,18). The minimum atomic E-state index is 0.288. The molecule has 112 valence electrons. The molecule has 1 spiro atoms. The fraction of sp³-hybridized carbons (Fsp3) is 0.938. The molecule has 4 unspecified atom stereocenters. The van der Waals surface area contributed by atoms with Gasteiger partial charge in [-0.2, -0.15) is 0 Å². The second-order valence-corrected chi connectivity index (χ2v) is 8.28. The van der Waals surface area contributed by atoms with E-state index >= 15 is 0 Å². The number of hydrogen-bond donors (Lipinski definition) is 1. The van der Waals surface area contributed by atoms with Crippen LogP contribution in [0.5, 0.6) is 0 Å². The van der Waals surface area contributed by atoms with Crippen molar-refractivity contribution in [2.45, 2.75) is 57.0 Å². The topological polar surface area (TPSA) is 33.6 Å². The van der Waals surface area contributed by atoms with Gasteiger partial charge in [0.15, 0.2) is 5.17 Å². The van der Waals surface area contributed by atoms with Crippen molar-refractivity contribution in [2.75, 3.05) is 19.0 Å². The molecule has 4 fully saturated rings. The van der Waals surface area contributed by atoms with Crippen LogP contribution in [-0.2, 0) is 4.74 Å². The number of thioether (sulfide) groups is 1. The minimum Gasteiger partial charge on any atom is -0.381 e. The van der Waals surface area contributed by atoms with E-state index in [0.29, 0.717) is 6.04 Å². The molecule has 2 aliphatic carbocycles. The monoisotopic (exact) mass is 294 g/mol. The normalized spacial score (nSPS) is 42.2. The quantitative estimate of drug-likeness (QED) is 0.850. The van der Waals surface area contributed by atoms with Gasteiger partial charge in [-0.25, -0.2) is 0 Å². The Kier molecular flexibility index (Phi) is 3.50. The molecule has 2 bridgehead atoms. The van der Waals surface area contributed by atoms with Crippen molar-refractivity contribution >= 4 is 16.9 Å². The van der Waals surface area contributed by atoms with Crippen LogP contribution in [0.4, 0.5) is 0 Å². The molecule has 0 amide bonds. The maximum absolute atomic E-state index is 5.50. The number of nitrogens with one attached hydrogen (secondary N) is 1. The highest BCUT2D eigenvalue weighted by atomic mass is 32.2. The van der Waals surface area contributed by atoms with E-state index in [-0.39, 0.29) is 5.54 Å². The highest BCUT2D eigenvalue weighted by molar-refractivity contribution is 8.14. The summed E-state index contributed by atoms with van der Waals surface area (Å²) in [5, 5.41) is 4.95. The molecule has 3 nitrogen and oxygen atoms in total. The first-order valence-corrected chi connectivity index (χ1v) is 9.29. The molecule has 4 aliphatic rings. The van der Waals surface area contributed by atoms with Crippen LogP contribution in [-0.4, -0.2) is 35.7 Å². The zero-order valence-corrected chi connectivity index (χ0v) is 13.3. The number of nitrogens with zero attached hydrogens (tertiary/aromatic N) is 1. The van der Waals surface area contributed by atoms with Crippen molar-refractivity contribution in [1.29, 1.82) is 0 Å². The lowest BCUT2D eigenvalue weighted by Crippen LogP contribution is -2.48. The van der Waals surface area contributed by atoms with Crippen molar-refractivity contribution < 1.29 is 4.74 Å². The molecule has 4 atom stereocenters. The van der Waals surface area contributed by atoms with E-state index in [1.54, 1.807) is 0 Å². The molecular formula is C16H26N2OS. The maximum atomic E-state index is 5.50. The van der Waals surface area contributed by atoms with E-state index in [2.05, 4.69) is 12.2 Å². The summed E-state index contributed by atoms with van der Waals surface area (Å²) in [5.41, 5.74) is 0.288. The second-order valence-electron chi connectivity index (χ2n) is 7.32. The van der Waals surface area contributed by atoms with Gasteiger partial charge in [-0.15, -0.1) is 0 Å². The van der Waals surface area contributed by atoms with Gasteiger partial charge in [0.25, 0.3) is 0 Å². The van der Waals surface area contributed by atoms with Gasteiger partial charge in [-0.3, -0.25) is 4.99 Å². The lowest BCUT2D eigenvalue weighted by molar-refractivity contribution is 0.0555. The molecular weight excluding hydrogens is 268 g/mol. The van der Waals surface area contributed by atoms with E-state index in [0.717, 1.165) is 43.8 Å². The van der Waals surface area contributed by atoms with Gasteiger partial charge < -0.3 is 10.1 Å². The number of rotatable bonds is 2. The average Bonchev–Trinajstić information content (AvgIpc) is 3.16. The predicted octanol–water partition coefficient (Wildman–Crippen LogP) is 3.05. The van der Waals surface area contributed by atoms with Crippen molar-refractivity contribution in [2.24, 2.45) is 22.7 Å². The van der Waals surface area contributed by atoms with Gasteiger partial charge in [0.1, 0.15) is 0 Å². The third kappa shape index (κ3) is 2.39. The largest absolute Gasteiger partial charge is 0.381 e. The molecule has 4 rings (SSSR count). The predicted molar refractivity (Wildman–Crippen MR) is 84.2 cm³/mol. The number of fused-ring (bicyclic) bond motifs is 2.